The molecule has 4 aliphatic rings. The number of ketones is 2. The number of phenols is 2. The summed E-state index contributed by atoms with van der Waals surface area (Å²) in [4.78, 5) is 78.5. The summed E-state index contributed by atoms with van der Waals surface area (Å²) >= 11 is 0. The first kappa shape index (κ1) is 30.9. The number of rotatable bonds is 5. The fourth-order valence-corrected chi connectivity index (χ4v) is 6.90. The largest absolute Gasteiger partial charge is 0.507 e. The van der Waals surface area contributed by atoms with Gasteiger partial charge in [-0.1, -0.05) is 0 Å². The van der Waals surface area contributed by atoms with Crippen LogP contribution in [0.25, 0.3) is 11.1 Å². The molecule has 2 saturated heterocycles. The van der Waals surface area contributed by atoms with Crippen molar-refractivity contribution in [1.29, 1.82) is 0 Å². The maximum Gasteiger partial charge on any atom is 0.354 e. The third kappa shape index (κ3) is 4.37. The van der Waals surface area contributed by atoms with Gasteiger partial charge < -0.3 is 38.6 Å². The lowest BCUT2D eigenvalue weighted by Gasteiger charge is -2.41. The number of aromatic hydroxyl groups is 2. The monoisotopic (exact) mass is 638 g/mol. The molecule has 46 heavy (non-hydrogen) atoms. The zero-order valence-electron chi connectivity index (χ0n) is 25.3. The van der Waals surface area contributed by atoms with E-state index in [1.165, 1.54) is 12.1 Å². The standard InChI is InChI=1S/C32H30O14/c1-13-9-15(33)25-17(35)11-31(29(39)41-3,19-5-7-21(37)43-19)45-27(25)23(13)24-14(2)10-16(34)26-18(36)12-32(30(40)42-4,46-28(24)26)20-6-8-22(38)44-20/h9-10,19-20,33-34H,5-8,11-12H2,1-4H3. The molecule has 0 radical (unpaired) electrons. The molecule has 0 aliphatic carbocycles. The van der Waals surface area contributed by atoms with Crippen LogP contribution in [0.15, 0.2) is 12.1 Å². The van der Waals surface area contributed by atoms with Crippen LogP contribution in [0.5, 0.6) is 23.0 Å². The number of methoxy groups -OCH3 is 2. The maximum absolute atomic E-state index is 13.8. The quantitative estimate of drug-likeness (QED) is 0.358. The van der Waals surface area contributed by atoms with E-state index in [0.29, 0.717) is 0 Å². The number of hydrogen-bond donors (Lipinski definition) is 2. The summed E-state index contributed by atoms with van der Waals surface area (Å²) in [6.45, 7) is 3.12. The van der Waals surface area contributed by atoms with E-state index in [2.05, 4.69) is 0 Å². The highest BCUT2D eigenvalue weighted by Crippen LogP contribution is 2.55. The van der Waals surface area contributed by atoms with Gasteiger partial charge in [-0.3, -0.25) is 19.2 Å². The van der Waals surface area contributed by atoms with Crippen molar-refractivity contribution in [1.82, 2.24) is 0 Å². The predicted molar refractivity (Wildman–Crippen MR) is 152 cm³/mol. The molecule has 4 atom stereocenters. The second kappa shape index (κ2) is 10.7. The summed E-state index contributed by atoms with van der Waals surface area (Å²) < 4.78 is 33.6. The van der Waals surface area contributed by atoms with Crippen LogP contribution in [-0.4, -0.2) is 83.3 Å². The first-order valence-electron chi connectivity index (χ1n) is 14.5. The average molecular weight is 639 g/mol. The molecule has 2 aromatic rings. The summed E-state index contributed by atoms with van der Waals surface area (Å²) in [7, 11) is 2.17. The minimum atomic E-state index is -2.13. The molecule has 14 heteroatoms. The molecule has 0 saturated carbocycles. The molecule has 0 bridgehead atoms. The van der Waals surface area contributed by atoms with Gasteiger partial charge >= 0.3 is 23.9 Å². The van der Waals surface area contributed by atoms with Gasteiger partial charge in [0.25, 0.3) is 0 Å². The topological polar surface area (TPSA) is 198 Å². The molecule has 6 rings (SSSR count). The Labute approximate surface area is 261 Å². The Morgan fingerprint density at radius 2 is 1.07 bits per heavy atom. The Bertz CT molecular complexity index is 1630. The molecule has 0 aromatic heterocycles. The van der Waals surface area contributed by atoms with Crippen molar-refractivity contribution < 1.29 is 67.4 Å². The highest BCUT2D eigenvalue weighted by Gasteiger charge is 2.60. The fraction of sp³-hybridized carbons (Fsp3) is 0.438. The zero-order chi connectivity index (χ0) is 33.3. The Kier molecular flexibility index (Phi) is 7.21. The number of benzene rings is 2. The average Bonchev–Trinajstić information content (AvgIpc) is 3.65. The van der Waals surface area contributed by atoms with Gasteiger partial charge in [-0.2, -0.15) is 0 Å². The van der Waals surface area contributed by atoms with E-state index in [0.717, 1.165) is 14.2 Å². The molecular formula is C32H30O14. The smallest absolute Gasteiger partial charge is 0.354 e. The molecule has 4 unspecified atom stereocenters. The van der Waals surface area contributed by atoms with Gasteiger partial charge in [-0.25, -0.2) is 9.59 Å². The number of Topliss-reactive ketones (excluding diaryl/α,β-unsaturated/α-hetero) is 2. The molecule has 4 heterocycles. The predicted octanol–water partition coefficient (Wildman–Crippen LogP) is 2.55. The number of carbonyl (C=O) groups is 6. The number of cyclic esters (lactones) is 2. The van der Waals surface area contributed by atoms with E-state index in [9.17, 15) is 39.0 Å². The van der Waals surface area contributed by atoms with Gasteiger partial charge in [0.05, 0.1) is 27.1 Å². The summed E-state index contributed by atoms with van der Waals surface area (Å²) in [6.07, 6.45) is -3.67. The van der Waals surface area contributed by atoms with Crippen molar-refractivity contribution in [2.45, 2.75) is 75.8 Å². The Hall–Kier alpha value is -5.14. The number of carbonyl (C=O) groups excluding carboxylic acids is 6. The number of esters is 4. The van der Waals surface area contributed by atoms with Crippen LogP contribution in [0, 0.1) is 13.8 Å². The molecule has 2 N–H and O–H groups in total. The fourth-order valence-electron chi connectivity index (χ4n) is 6.90. The second-order valence-corrected chi connectivity index (χ2v) is 11.8. The van der Waals surface area contributed by atoms with Crippen LogP contribution >= 0.6 is 0 Å². The Morgan fingerprint density at radius 1 is 0.696 bits per heavy atom. The highest BCUT2D eigenvalue weighted by atomic mass is 16.6. The van der Waals surface area contributed by atoms with Crippen molar-refractivity contribution >= 4 is 35.4 Å². The van der Waals surface area contributed by atoms with E-state index < -0.39 is 83.2 Å². The lowest BCUT2D eigenvalue weighted by atomic mass is 9.79. The van der Waals surface area contributed by atoms with Crippen LogP contribution in [-0.2, 0) is 38.1 Å². The summed E-state index contributed by atoms with van der Waals surface area (Å²) in [6, 6.07) is 2.57. The maximum atomic E-state index is 13.8. The molecular weight excluding hydrogens is 608 g/mol. The highest BCUT2D eigenvalue weighted by molar-refractivity contribution is 6.11. The number of ether oxygens (including phenoxy) is 6. The summed E-state index contributed by atoms with van der Waals surface area (Å²) in [5.41, 5.74) is -4.14. The van der Waals surface area contributed by atoms with Crippen LogP contribution in [0.2, 0.25) is 0 Å². The minimum absolute atomic E-state index is 0.0384. The van der Waals surface area contributed by atoms with Gasteiger partial charge in [0.15, 0.2) is 23.8 Å². The Balaban J connectivity index is 1.63. The molecule has 0 spiro atoms. The van der Waals surface area contributed by atoms with Crippen LogP contribution < -0.4 is 9.47 Å². The van der Waals surface area contributed by atoms with Crippen molar-refractivity contribution in [2.24, 2.45) is 0 Å². The van der Waals surface area contributed by atoms with Crippen LogP contribution in [0.3, 0.4) is 0 Å². The van der Waals surface area contributed by atoms with E-state index in [1.54, 1.807) is 13.8 Å². The number of aryl methyl sites for hydroxylation is 2. The number of fused-ring (bicyclic) bond motifs is 2. The summed E-state index contributed by atoms with van der Waals surface area (Å²) in [5, 5.41) is 21.9. The van der Waals surface area contributed by atoms with Crippen LogP contribution in [0.4, 0.5) is 0 Å². The molecule has 14 nitrogen and oxygen atoms in total. The first-order chi connectivity index (χ1) is 21.8. The van der Waals surface area contributed by atoms with Gasteiger partial charge in [0.1, 0.15) is 34.1 Å². The summed E-state index contributed by atoms with van der Waals surface area (Å²) in [5.74, 6) is -6.18. The number of phenolic OH excluding ortho intramolecular Hbond substituents is 2. The van der Waals surface area contributed by atoms with Crippen molar-refractivity contribution in [3.8, 4) is 34.1 Å². The number of hydrogen-bond acceptors (Lipinski definition) is 14. The van der Waals surface area contributed by atoms with Crippen molar-refractivity contribution in [2.75, 3.05) is 14.2 Å². The van der Waals surface area contributed by atoms with E-state index in [1.807, 2.05) is 0 Å². The van der Waals surface area contributed by atoms with Gasteiger partial charge in [0, 0.05) is 24.0 Å². The first-order valence-corrected chi connectivity index (χ1v) is 14.5. The lowest BCUT2D eigenvalue weighted by Crippen LogP contribution is -2.58. The van der Waals surface area contributed by atoms with E-state index in [4.69, 9.17) is 28.4 Å². The Morgan fingerprint density at radius 3 is 1.37 bits per heavy atom. The molecule has 4 aliphatic heterocycles. The lowest BCUT2D eigenvalue weighted by molar-refractivity contribution is -0.176. The molecule has 0 amide bonds. The van der Waals surface area contributed by atoms with Gasteiger partial charge in [-0.05, 0) is 49.9 Å². The SMILES string of the molecule is COC(=O)C1(C2CCC(=O)O2)CC(=O)c2c(O)cc(C)c(-c3c(C)cc(O)c4c3OC(C(=O)OC)(C3CCC(=O)O3)CC4=O)c2O1. The van der Waals surface area contributed by atoms with Gasteiger partial charge in [0.2, 0.25) is 11.2 Å². The van der Waals surface area contributed by atoms with E-state index in [-0.39, 0.29) is 70.6 Å². The molecule has 2 aromatic carbocycles. The molecule has 242 valence electrons. The van der Waals surface area contributed by atoms with Crippen molar-refractivity contribution in [3.63, 3.8) is 0 Å². The normalized spacial score (nSPS) is 26.7. The second-order valence-electron chi connectivity index (χ2n) is 11.8. The van der Waals surface area contributed by atoms with Gasteiger partial charge in [-0.15, -0.1) is 0 Å². The third-order valence-corrected chi connectivity index (χ3v) is 9.01. The zero-order valence-corrected chi connectivity index (χ0v) is 25.3. The van der Waals surface area contributed by atoms with Crippen molar-refractivity contribution in [3.05, 3.63) is 34.4 Å². The third-order valence-electron chi connectivity index (χ3n) is 9.01. The van der Waals surface area contributed by atoms with E-state index >= 15 is 0 Å². The minimum Gasteiger partial charge on any atom is -0.507 e. The molecule has 2 fully saturated rings. The van der Waals surface area contributed by atoms with Crippen LogP contribution in [0.1, 0.15) is 70.4 Å².